The topological polar surface area (TPSA) is 68.1 Å². The smallest absolute Gasteiger partial charge is 0.382 e. The average Bonchev–Trinajstić information content (AvgIpc) is 3.47. The fourth-order valence-corrected chi connectivity index (χ4v) is 7.63. The van der Waals surface area contributed by atoms with Gasteiger partial charge in [0.1, 0.15) is 17.0 Å². The van der Waals surface area contributed by atoms with Crippen LogP contribution in [0.15, 0.2) is 30.6 Å². The lowest BCUT2D eigenvalue weighted by Crippen LogP contribution is -2.46. The third-order valence-corrected chi connectivity index (χ3v) is 9.58. The molecule has 10 heteroatoms. The molecule has 6 nitrogen and oxygen atoms in total. The van der Waals surface area contributed by atoms with Gasteiger partial charge in [0.15, 0.2) is 0 Å². The van der Waals surface area contributed by atoms with Gasteiger partial charge in [-0.25, -0.2) is 9.97 Å². The van der Waals surface area contributed by atoms with Crippen molar-refractivity contribution in [1.82, 2.24) is 14.9 Å². The Morgan fingerprint density at radius 3 is 2.68 bits per heavy atom. The Balaban J connectivity index is 1.11. The number of hydrogen-bond acceptors (Lipinski definition) is 7. The van der Waals surface area contributed by atoms with Crippen LogP contribution in [0.1, 0.15) is 54.0 Å². The zero-order valence-corrected chi connectivity index (χ0v) is 22.2. The highest BCUT2D eigenvalue weighted by atomic mass is 32.1. The first-order valence-electron chi connectivity index (χ1n) is 13.2. The van der Waals surface area contributed by atoms with Crippen molar-refractivity contribution in [3.63, 3.8) is 0 Å². The highest BCUT2D eigenvalue weighted by Crippen LogP contribution is 2.50. The lowest BCUT2D eigenvalue weighted by molar-refractivity contribution is -0.126. The summed E-state index contributed by atoms with van der Waals surface area (Å²) in [5, 5.41) is 14.1. The van der Waals surface area contributed by atoms with E-state index in [1.165, 1.54) is 11.9 Å². The van der Waals surface area contributed by atoms with Crippen molar-refractivity contribution in [2.45, 2.75) is 56.7 Å². The van der Waals surface area contributed by atoms with Gasteiger partial charge in [0.05, 0.1) is 23.4 Å². The molecule has 200 valence electrons. The lowest BCUT2D eigenvalue weighted by atomic mass is 9.65. The summed E-state index contributed by atoms with van der Waals surface area (Å²) in [5.41, 5.74) is 3.23. The minimum atomic E-state index is -4.23. The Morgan fingerprint density at radius 2 is 1.95 bits per heavy atom. The average molecular weight is 541 g/mol. The number of rotatable bonds is 5. The molecule has 38 heavy (non-hydrogen) atoms. The number of thiophene rings is 1. The van der Waals surface area contributed by atoms with E-state index in [1.807, 2.05) is 12.1 Å². The number of anilines is 2. The van der Waals surface area contributed by atoms with Gasteiger partial charge in [0.2, 0.25) is 0 Å². The minimum Gasteiger partial charge on any atom is -0.382 e. The normalized spacial score (nSPS) is 24.6. The summed E-state index contributed by atoms with van der Waals surface area (Å²) in [6.07, 6.45) is 1.60. The SMILES string of the molecule is CN1CCC(c2cc(NC3CC4(CCN(c5ncnc6sc(CC(F)(F)F)cc56)C4)C3)ccc2C#N)CC1. The van der Waals surface area contributed by atoms with Crippen molar-refractivity contribution < 1.29 is 13.2 Å². The number of nitriles is 1. The monoisotopic (exact) mass is 540 g/mol. The maximum Gasteiger partial charge on any atom is 0.393 e. The van der Waals surface area contributed by atoms with Gasteiger partial charge in [0.25, 0.3) is 0 Å². The minimum absolute atomic E-state index is 0.198. The Bertz CT molecular complexity index is 1370. The third-order valence-electron chi connectivity index (χ3n) is 8.53. The van der Waals surface area contributed by atoms with Crippen LogP contribution in [0, 0.1) is 16.7 Å². The van der Waals surface area contributed by atoms with E-state index in [0.717, 1.165) is 92.1 Å². The zero-order valence-electron chi connectivity index (χ0n) is 21.4. The van der Waals surface area contributed by atoms with Crippen LogP contribution in [-0.4, -0.2) is 60.3 Å². The number of fused-ring (bicyclic) bond motifs is 1. The van der Waals surface area contributed by atoms with Crippen LogP contribution in [0.3, 0.4) is 0 Å². The van der Waals surface area contributed by atoms with Gasteiger partial charge in [-0.2, -0.15) is 18.4 Å². The number of halogens is 3. The summed E-state index contributed by atoms with van der Waals surface area (Å²) < 4.78 is 38.8. The number of benzene rings is 1. The largest absolute Gasteiger partial charge is 0.393 e. The number of aromatic nitrogens is 2. The van der Waals surface area contributed by atoms with E-state index >= 15 is 0 Å². The van der Waals surface area contributed by atoms with Gasteiger partial charge in [-0.3, -0.25) is 0 Å². The molecular weight excluding hydrogens is 509 g/mol. The molecule has 1 aromatic carbocycles. The predicted octanol–water partition coefficient (Wildman–Crippen LogP) is 5.95. The number of nitrogens with one attached hydrogen (secondary N) is 1. The van der Waals surface area contributed by atoms with Crippen molar-refractivity contribution in [2.75, 3.05) is 43.4 Å². The maximum atomic E-state index is 12.9. The second kappa shape index (κ2) is 9.69. The van der Waals surface area contributed by atoms with Crippen LogP contribution in [0.25, 0.3) is 10.2 Å². The summed E-state index contributed by atoms with van der Waals surface area (Å²) in [5.74, 6) is 1.18. The van der Waals surface area contributed by atoms with Gasteiger partial charge >= 0.3 is 6.18 Å². The summed E-state index contributed by atoms with van der Waals surface area (Å²) in [6, 6.07) is 10.5. The van der Waals surface area contributed by atoms with E-state index < -0.39 is 12.6 Å². The van der Waals surface area contributed by atoms with Crippen molar-refractivity contribution in [3.05, 3.63) is 46.6 Å². The summed E-state index contributed by atoms with van der Waals surface area (Å²) in [6.45, 7) is 3.82. The fraction of sp³-hybridized carbons (Fsp3) is 0.536. The molecule has 0 radical (unpaired) electrons. The van der Waals surface area contributed by atoms with Crippen LogP contribution >= 0.6 is 11.3 Å². The van der Waals surface area contributed by atoms with Gasteiger partial charge in [-0.15, -0.1) is 11.3 Å². The molecule has 3 fully saturated rings. The fourth-order valence-electron chi connectivity index (χ4n) is 6.61. The number of likely N-dealkylation sites (tertiary alicyclic amines) is 1. The van der Waals surface area contributed by atoms with Crippen molar-refractivity contribution >= 4 is 33.1 Å². The molecule has 1 saturated carbocycles. The molecule has 2 aliphatic heterocycles. The maximum absolute atomic E-state index is 12.9. The Labute approximate surface area is 224 Å². The Hall–Kier alpha value is -2.90. The van der Waals surface area contributed by atoms with E-state index in [9.17, 15) is 18.4 Å². The highest BCUT2D eigenvalue weighted by Gasteiger charge is 2.49. The molecule has 0 amide bonds. The van der Waals surface area contributed by atoms with Crippen molar-refractivity contribution in [1.29, 1.82) is 5.26 Å². The molecule has 3 aliphatic rings. The molecule has 0 unspecified atom stereocenters. The molecule has 1 N–H and O–H groups in total. The van der Waals surface area contributed by atoms with Crippen LogP contribution in [-0.2, 0) is 6.42 Å². The molecule has 0 bridgehead atoms. The summed E-state index contributed by atoms with van der Waals surface area (Å²) in [7, 11) is 2.15. The summed E-state index contributed by atoms with van der Waals surface area (Å²) >= 11 is 1.10. The predicted molar refractivity (Wildman–Crippen MR) is 144 cm³/mol. The molecular formula is C28H31F3N6S. The quantitative estimate of drug-likeness (QED) is 0.432. The second-order valence-electron chi connectivity index (χ2n) is 11.3. The van der Waals surface area contributed by atoms with Crippen LogP contribution in [0.5, 0.6) is 0 Å². The van der Waals surface area contributed by atoms with E-state index in [1.54, 1.807) is 6.07 Å². The van der Waals surface area contributed by atoms with Crippen molar-refractivity contribution in [3.8, 4) is 6.07 Å². The second-order valence-corrected chi connectivity index (χ2v) is 12.4. The first-order valence-corrected chi connectivity index (χ1v) is 14.1. The van der Waals surface area contributed by atoms with E-state index in [0.29, 0.717) is 16.8 Å². The van der Waals surface area contributed by atoms with Gasteiger partial charge < -0.3 is 15.1 Å². The first kappa shape index (κ1) is 25.4. The molecule has 2 aromatic heterocycles. The van der Waals surface area contributed by atoms with Crippen molar-refractivity contribution in [2.24, 2.45) is 5.41 Å². The Kier molecular flexibility index (Phi) is 6.47. The van der Waals surface area contributed by atoms with Crippen LogP contribution in [0.2, 0.25) is 0 Å². The molecule has 0 atom stereocenters. The number of piperidine rings is 1. The Morgan fingerprint density at radius 1 is 1.16 bits per heavy atom. The van der Waals surface area contributed by atoms with E-state index in [4.69, 9.17) is 0 Å². The third kappa shape index (κ3) is 5.06. The number of nitrogens with zero attached hydrogens (tertiary/aromatic N) is 5. The summed E-state index contributed by atoms with van der Waals surface area (Å²) in [4.78, 5) is 14.2. The first-order chi connectivity index (χ1) is 18.2. The molecule has 1 aliphatic carbocycles. The molecule has 1 spiro atoms. The molecule has 3 aromatic rings. The standard InChI is InChI=1S/C28H31F3N6S/c1-36-7-4-18(5-8-36)23-10-20(3-2-19(23)15-32)35-21-12-27(13-21)6-9-37(16-27)25-24-11-22(14-28(29,30)31)38-26(24)34-17-33-25/h2-3,10-11,17-18,21,35H,4-9,12-14,16H2,1H3. The molecule has 6 rings (SSSR count). The van der Waals surface area contributed by atoms with Crippen LogP contribution in [0.4, 0.5) is 24.7 Å². The molecule has 2 saturated heterocycles. The van der Waals surface area contributed by atoms with Gasteiger partial charge in [-0.05, 0) is 93.4 Å². The number of hydrogen-bond donors (Lipinski definition) is 1. The van der Waals surface area contributed by atoms with E-state index in [-0.39, 0.29) is 10.3 Å². The highest BCUT2D eigenvalue weighted by molar-refractivity contribution is 7.18. The van der Waals surface area contributed by atoms with E-state index in [2.05, 4.69) is 44.3 Å². The number of alkyl halides is 3. The van der Waals surface area contributed by atoms with Crippen LogP contribution < -0.4 is 10.2 Å². The van der Waals surface area contributed by atoms with Gasteiger partial charge in [0, 0.05) is 29.7 Å². The van der Waals surface area contributed by atoms with Gasteiger partial charge in [-0.1, -0.05) is 0 Å². The zero-order chi connectivity index (χ0) is 26.5. The lowest BCUT2D eigenvalue weighted by Gasteiger charge is -2.46. The molecule has 4 heterocycles.